The molecule has 1 aliphatic rings. The van der Waals surface area contributed by atoms with Crippen LogP contribution in [0.3, 0.4) is 0 Å². The van der Waals surface area contributed by atoms with Crippen LogP contribution in [0.1, 0.15) is 23.2 Å². The number of nitrogens with one attached hydrogen (secondary N) is 1. The van der Waals surface area contributed by atoms with Crippen LogP contribution in [0.2, 0.25) is 0 Å². The number of likely N-dealkylation sites (tertiary alicyclic amines) is 1. The zero-order valence-electron chi connectivity index (χ0n) is 15.4. The molecule has 1 fully saturated rings. The van der Waals surface area contributed by atoms with Gasteiger partial charge in [-0.05, 0) is 42.1 Å². The van der Waals surface area contributed by atoms with E-state index in [9.17, 15) is 4.79 Å². The first-order valence-corrected chi connectivity index (χ1v) is 9.60. The SMILES string of the molecule is O=C(NCC1CCCN(CCn2cnnc2)C1)c1cccc2ccccc12. The minimum absolute atomic E-state index is 0.0217. The third-order valence-electron chi connectivity index (χ3n) is 5.33. The summed E-state index contributed by atoms with van der Waals surface area (Å²) in [5.74, 6) is 0.520. The summed E-state index contributed by atoms with van der Waals surface area (Å²) in [5, 5.41) is 13.0. The summed E-state index contributed by atoms with van der Waals surface area (Å²) < 4.78 is 2.01. The van der Waals surface area contributed by atoms with Gasteiger partial charge in [-0.25, -0.2) is 0 Å². The van der Waals surface area contributed by atoms with Crippen molar-refractivity contribution in [2.75, 3.05) is 26.2 Å². The summed E-state index contributed by atoms with van der Waals surface area (Å²) in [6, 6.07) is 13.9. The van der Waals surface area contributed by atoms with E-state index < -0.39 is 0 Å². The fourth-order valence-electron chi connectivity index (χ4n) is 3.87. The number of benzene rings is 2. The highest BCUT2D eigenvalue weighted by atomic mass is 16.1. The first-order chi connectivity index (χ1) is 13.3. The molecule has 1 N–H and O–H groups in total. The van der Waals surface area contributed by atoms with Crippen LogP contribution < -0.4 is 5.32 Å². The van der Waals surface area contributed by atoms with Crippen molar-refractivity contribution in [2.45, 2.75) is 19.4 Å². The molecule has 0 bridgehead atoms. The van der Waals surface area contributed by atoms with Gasteiger partial charge >= 0.3 is 0 Å². The average molecular weight is 363 g/mol. The van der Waals surface area contributed by atoms with Gasteiger partial charge < -0.3 is 14.8 Å². The highest BCUT2D eigenvalue weighted by Gasteiger charge is 2.20. The number of carbonyl (C=O) groups is 1. The second-order valence-corrected chi connectivity index (χ2v) is 7.25. The van der Waals surface area contributed by atoms with Crippen LogP contribution in [0.25, 0.3) is 10.8 Å². The van der Waals surface area contributed by atoms with E-state index in [1.807, 2.05) is 47.0 Å². The lowest BCUT2D eigenvalue weighted by Crippen LogP contribution is -2.42. The summed E-state index contributed by atoms with van der Waals surface area (Å²) in [5.41, 5.74) is 0.758. The highest BCUT2D eigenvalue weighted by molar-refractivity contribution is 6.06. The van der Waals surface area contributed by atoms with Crippen LogP contribution in [0.15, 0.2) is 55.1 Å². The third-order valence-corrected chi connectivity index (χ3v) is 5.33. The van der Waals surface area contributed by atoms with E-state index in [0.29, 0.717) is 5.92 Å². The maximum atomic E-state index is 12.7. The van der Waals surface area contributed by atoms with Crippen LogP contribution in [-0.4, -0.2) is 51.8 Å². The lowest BCUT2D eigenvalue weighted by atomic mass is 9.97. The number of aromatic nitrogens is 3. The van der Waals surface area contributed by atoms with Gasteiger partial charge in [-0.1, -0.05) is 36.4 Å². The Morgan fingerprint density at radius 1 is 1.07 bits per heavy atom. The number of piperidine rings is 1. The van der Waals surface area contributed by atoms with E-state index >= 15 is 0 Å². The summed E-state index contributed by atoms with van der Waals surface area (Å²) in [7, 11) is 0. The largest absolute Gasteiger partial charge is 0.352 e. The lowest BCUT2D eigenvalue weighted by molar-refractivity contribution is 0.0933. The molecule has 2 heterocycles. The van der Waals surface area contributed by atoms with E-state index in [1.54, 1.807) is 12.7 Å². The van der Waals surface area contributed by atoms with Gasteiger partial charge in [0.2, 0.25) is 0 Å². The van der Waals surface area contributed by atoms with Crippen molar-refractivity contribution in [1.29, 1.82) is 0 Å². The van der Waals surface area contributed by atoms with E-state index in [2.05, 4.69) is 20.4 Å². The van der Waals surface area contributed by atoms with Crippen LogP contribution >= 0.6 is 0 Å². The Labute approximate surface area is 159 Å². The quantitative estimate of drug-likeness (QED) is 0.731. The molecule has 6 heteroatoms. The number of hydrogen-bond donors (Lipinski definition) is 1. The zero-order valence-corrected chi connectivity index (χ0v) is 15.4. The molecule has 1 unspecified atom stereocenters. The molecule has 1 aliphatic heterocycles. The van der Waals surface area contributed by atoms with E-state index in [-0.39, 0.29) is 5.91 Å². The second kappa shape index (κ2) is 8.31. The number of rotatable bonds is 6. The Morgan fingerprint density at radius 3 is 2.78 bits per heavy atom. The minimum Gasteiger partial charge on any atom is -0.352 e. The van der Waals surface area contributed by atoms with E-state index in [4.69, 9.17) is 0 Å². The van der Waals surface area contributed by atoms with Crippen molar-refractivity contribution in [3.8, 4) is 0 Å². The number of carbonyl (C=O) groups excluding carboxylic acids is 1. The molecular weight excluding hydrogens is 338 g/mol. The number of hydrogen-bond acceptors (Lipinski definition) is 4. The van der Waals surface area contributed by atoms with Crippen molar-refractivity contribution in [3.05, 3.63) is 60.7 Å². The Kier molecular flexibility index (Phi) is 5.44. The molecule has 0 spiro atoms. The molecule has 140 valence electrons. The smallest absolute Gasteiger partial charge is 0.251 e. The van der Waals surface area contributed by atoms with Crippen molar-refractivity contribution < 1.29 is 4.79 Å². The Bertz CT molecular complexity index is 887. The first kappa shape index (κ1) is 17.7. The molecular formula is C21H25N5O. The highest BCUT2D eigenvalue weighted by Crippen LogP contribution is 2.19. The molecule has 27 heavy (non-hydrogen) atoms. The van der Waals surface area contributed by atoms with Gasteiger partial charge in [0.15, 0.2) is 0 Å². The van der Waals surface area contributed by atoms with Crippen molar-refractivity contribution in [3.63, 3.8) is 0 Å². The predicted molar refractivity (Wildman–Crippen MR) is 105 cm³/mol. The molecule has 0 aliphatic carbocycles. The maximum Gasteiger partial charge on any atom is 0.251 e. The van der Waals surface area contributed by atoms with Gasteiger partial charge in [0, 0.05) is 31.7 Å². The Balaban J connectivity index is 1.31. The molecule has 1 atom stereocenters. The van der Waals surface area contributed by atoms with Gasteiger partial charge in [0.1, 0.15) is 12.7 Å². The molecule has 1 aromatic heterocycles. The normalized spacial score (nSPS) is 17.9. The van der Waals surface area contributed by atoms with Crippen LogP contribution in [0, 0.1) is 5.92 Å². The first-order valence-electron chi connectivity index (χ1n) is 9.60. The Hall–Kier alpha value is -2.73. The molecule has 4 rings (SSSR count). The van der Waals surface area contributed by atoms with Crippen LogP contribution in [-0.2, 0) is 6.54 Å². The van der Waals surface area contributed by atoms with Crippen molar-refractivity contribution in [1.82, 2.24) is 25.0 Å². The summed E-state index contributed by atoms with van der Waals surface area (Å²) in [6.45, 7) is 4.77. The number of amides is 1. The molecule has 3 aromatic rings. The molecule has 0 radical (unpaired) electrons. The summed E-state index contributed by atoms with van der Waals surface area (Å²) in [4.78, 5) is 15.2. The lowest BCUT2D eigenvalue weighted by Gasteiger charge is -2.32. The van der Waals surface area contributed by atoms with Gasteiger partial charge in [-0.2, -0.15) is 0 Å². The van der Waals surface area contributed by atoms with E-state index in [0.717, 1.165) is 49.1 Å². The third kappa shape index (κ3) is 4.34. The van der Waals surface area contributed by atoms with Crippen molar-refractivity contribution in [2.24, 2.45) is 5.92 Å². The fraction of sp³-hybridized carbons (Fsp3) is 0.381. The zero-order chi connectivity index (χ0) is 18.5. The van der Waals surface area contributed by atoms with Gasteiger partial charge in [-0.3, -0.25) is 4.79 Å². The Morgan fingerprint density at radius 2 is 1.89 bits per heavy atom. The van der Waals surface area contributed by atoms with E-state index in [1.165, 1.54) is 12.8 Å². The monoisotopic (exact) mass is 363 g/mol. The van der Waals surface area contributed by atoms with Crippen LogP contribution in [0.5, 0.6) is 0 Å². The molecule has 1 saturated heterocycles. The standard InChI is InChI=1S/C21H25N5O/c27-21(20-9-3-7-18-6-1-2-8-19(18)20)22-13-17-5-4-10-25(14-17)11-12-26-15-23-24-16-26/h1-3,6-9,15-17H,4-5,10-14H2,(H,22,27). The fourth-order valence-corrected chi connectivity index (χ4v) is 3.87. The van der Waals surface area contributed by atoms with Crippen molar-refractivity contribution >= 4 is 16.7 Å². The molecule has 1 amide bonds. The average Bonchev–Trinajstić information content (AvgIpc) is 3.24. The number of nitrogens with zero attached hydrogens (tertiary/aromatic N) is 4. The maximum absolute atomic E-state index is 12.7. The minimum atomic E-state index is 0.0217. The molecule has 6 nitrogen and oxygen atoms in total. The van der Waals surface area contributed by atoms with Gasteiger partial charge in [0.25, 0.3) is 5.91 Å². The molecule has 0 saturated carbocycles. The van der Waals surface area contributed by atoms with Gasteiger partial charge in [-0.15, -0.1) is 10.2 Å². The number of fused-ring (bicyclic) bond motifs is 1. The predicted octanol–water partition coefficient (Wildman–Crippen LogP) is 2.57. The topological polar surface area (TPSA) is 63.1 Å². The van der Waals surface area contributed by atoms with Gasteiger partial charge in [0.05, 0.1) is 0 Å². The summed E-state index contributed by atoms with van der Waals surface area (Å²) >= 11 is 0. The summed E-state index contributed by atoms with van der Waals surface area (Å²) in [6.07, 6.45) is 5.85. The molecule has 2 aromatic carbocycles. The second-order valence-electron chi connectivity index (χ2n) is 7.25. The van der Waals surface area contributed by atoms with Crippen LogP contribution in [0.4, 0.5) is 0 Å².